The first-order valence-corrected chi connectivity index (χ1v) is 8.66. The highest BCUT2D eigenvalue weighted by molar-refractivity contribution is 5.29. The number of ether oxygens (including phenoxy) is 1. The van der Waals surface area contributed by atoms with Gasteiger partial charge in [0.05, 0.1) is 5.69 Å². The summed E-state index contributed by atoms with van der Waals surface area (Å²) in [4.78, 5) is 2.37. The third-order valence-electron chi connectivity index (χ3n) is 4.89. The zero-order chi connectivity index (χ0) is 17.1. The first-order chi connectivity index (χ1) is 11.6. The topological polar surface area (TPSA) is 50.5 Å². The van der Waals surface area contributed by atoms with Crippen molar-refractivity contribution in [2.24, 2.45) is 7.05 Å². The van der Waals surface area contributed by atoms with Crippen molar-refractivity contribution in [2.75, 3.05) is 19.7 Å². The van der Waals surface area contributed by atoms with Crippen LogP contribution < -0.4 is 4.74 Å². The molecule has 1 N–H and O–H groups in total. The zero-order valence-corrected chi connectivity index (χ0v) is 14.8. The molecule has 130 valence electrons. The molecule has 2 aromatic rings. The number of benzene rings is 1. The minimum atomic E-state index is -0.497. The third-order valence-corrected chi connectivity index (χ3v) is 4.89. The number of aliphatic hydroxyl groups is 1. The number of rotatable bonds is 6. The molecule has 1 aromatic carbocycles. The van der Waals surface area contributed by atoms with Gasteiger partial charge in [-0.05, 0) is 45.4 Å². The summed E-state index contributed by atoms with van der Waals surface area (Å²) < 4.78 is 7.63. The normalized spacial score (nSPS) is 19.6. The predicted octanol–water partition coefficient (Wildman–Crippen LogP) is 2.61. The van der Waals surface area contributed by atoms with Gasteiger partial charge in [-0.3, -0.25) is 9.58 Å². The first-order valence-electron chi connectivity index (χ1n) is 8.66. The van der Waals surface area contributed by atoms with Gasteiger partial charge in [-0.15, -0.1) is 0 Å². The van der Waals surface area contributed by atoms with E-state index in [0.717, 1.165) is 30.8 Å². The number of β-amino-alcohol motifs (C(OH)–C–C–N with tert-alkyl or cyclic N) is 1. The second-order valence-corrected chi connectivity index (χ2v) is 6.64. The van der Waals surface area contributed by atoms with Crippen LogP contribution >= 0.6 is 0 Å². The van der Waals surface area contributed by atoms with Gasteiger partial charge in [0.2, 0.25) is 0 Å². The summed E-state index contributed by atoms with van der Waals surface area (Å²) in [6, 6.07) is 10.0. The number of likely N-dealkylation sites (tertiary alicyclic amines) is 1. The molecule has 3 rings (SSSR count). The lowest BCUT2D eigenvalue weighted by Crippen LogP contribution is -2.35. The summed E-state index contributed by atoms with van der Waals surface area (Å²) in [5.74, 6) is 0.800. The van der Waals surface area contributed by atoms with Crippen LogP contribution in [0.25, 0.3) is 0 Å². The van der Waals surface area contributed by atoms with Crippen molar-refractivity contribution in [1.29, 1.82) is 0 Å². The Bertz CT molecular complexity index is 669. The van der Waals surface area contributed by atoms with E-state index in [0.29, 0.717) is 19.2 Å². The van der Waals surface area contributed by atoms with Crippen molar-refractivity contribution in [3.8, 4) is 5.75 Å². The highest BCUT2D eigenvalue weighted by Crippen LogP contribution is 2.35. The molecule has 2 unspecified atom stereocenters. The number of aromatic nitrogens is 2. The van der Waals surface area contributed by atoms with Crippen LogP contribution in [0.2, 0.25) is 0 Å². The van der Waals surface area contributed by atoms with Crippen LogP contribution in [0.15, 0.2) is 30.3 Å². The lowest BCUT2D eigenvalue weighted by atomic mass is 10.0. The van der Waals surface area contributed by atoms with Gasteiger partial charge in [0.25, 0.3) is 0 Å². The maximum atomic E-state index is 10.4. The Balaban J connectivity index is 1.61. The Morgan fingerprint density at radius 1 is 1.29 bits per heavy atom. The van der Waals surface area contributed by atoms with E-state index in [1.807, 2.05) is 42.1 Å². The Hall–Kier alpha value is -1.85. The molecular weight excluding hydrogens is 302 g/mol. The average Bonchev–Trinajstić information content (AvgIpc) is 3.11. The fourth-order valence-electron chi connectivity index (χ4n) is 3.68. The number of aliphatic hydroxyl groups excluding tert-OH is 1. The highest BCUT2D eigenvalue weighted by atomic mass is 16.5. The van der Waals surface area contributed by atoms with Gasteiger partial charge in [0.15, 0.2) is 0 Å². The second kappa shape index (κ2) is 7.36. The predicted molar refractivity (Wildman–Crippen MR) is 94.2 cm³/mol. The van der Waals surface area contributed by atoms with Crippen molar-refractivity contribution in [2.45, 2.75) is 38.8 Å². The quantitative estimate of drug-likeness (QED) is 0.885. The summed E-state index contributed by atoms with van der Waals surface area (Å²) in [6.07, 6.45) is 1.78. The van der Waals surface area contributed by atoms with E-state index in [4.69, 9.17) is 4.74 Å². The molecule has 0 amide bonds. The van der Waals surface area contributed by atoms with Crippen molar-refractivity contribution in [1.82, 2.24) is 14.7 Å². The van der Waals surface area contributed by atoms with Crippen LogP contribution in [0, 0.1) is 13.8 Å². The molecule has 0 saturated carbocycles. The second-order valence-electron chi connectivity index (χ2n) is 6.64. The number of hydrogen-bond donors (Lipinski definition) is 1. The molecule has 1 aliphatic heterocycles. The number of nitrogens with zero attached hydrogens (tertiary/aromatic N) is 3. The summed E-state index contributed by atoms with van der Waals surface area (Å²) in [7, 11) is 1.99. The van der Waals surface area contributed by atoms with Crippen molar-refractivity contribution < 1.29 is 9.84 Å². The lowest BCUT2D eigenvalue weighted by Gasteiger charge is -2.27. The Kier molecular flexibility index (Phi) is 5.21. The first kappa shape index (κ1) is 17.0. The fraction of sp³-hybridized carbons (Fsp3) is 0.526. The van der Waals surface area contributed by atoms with E-state index in [1.54, 1.807) is 0 Å². The van der Waals surface area contributed by atoms with Crippen LogP contribution in [-0.2, 0) is 7.05 Å². The fourth-order valence-corrected chi connectivity index (χ4v) is 3.68. The number of hydrogen-bond acceptors (Lipinski definition) is 4. The molecule has 1 fully saturated rings. The summed E-state index contributed by atoms with van der Waals surface area (Å²) in [5, 5.41) is 14.9. The van der Waals surface area contributed by atoms with Gasteiger partial charge in [-0.1, -0.05) is 18.2 Å². The monoisotopic (exact) mass is 329 g/mol. The van der Waals surface area contributed by atoms with Crippen LogP contribution in [-0.4, -0.2) is 45.6 Å². The molecule has 0 aliphatic carbocycles. The van der Waals surface area contributed by atoms with Gasteiger partial charge >= 0.3 is 0 Å². The zero-order valence-electron chi connectivity index (χ0n) is 14.8. The average molecular weight is 329 g/mol. The van der Waals surface area contributed by atoms with Crippen molar-refractivity contribution in [3.05, 3.63) is 47.3 Å². The molecule has 0 bridgehead atoms. The summed E-state index contributed by atoms with van der Waals surface area (Å²) in [6.45, 7) is 6.17. The Morgan fingerprint density at radius 2 is 2.04 bits per heavy atom. The van der Waals surface area contributed by atoms with Gasteiger partial charge in [0.1, 0.15) is 18.5 Å². The molecule has 1 saturated heterocycles. The molecule has 1 aromatic heterocycles. The van der Waals surface area contributed by atoms with E-state index in [1.165, 1.54) is 11.3 Å². The van der Waals surface area contributed by atoms with Gasteiger partial charge in [-0.2, -0.15) is 5.10 Å². The number of para-hydroxylation sites is 1. The van der Waals surface area contributed by atoms with E-state index >= 15 is 0 Å². The molecule has 5 heteroatoms. The van der Waals surface area contributed by atoms with Gasteiger partial charge in [-0.25, -0.2) is 0 Å². The third kappa shape index (κ3) is 3.62. The van der Waals surface area contributed by atoms with Crippen LogP contribution in [0.1, 0.15) is 35.8 Å². The minimum Gasteiger partial charge on any atom is -0.491 e. The van der Waals surface area contributed by atoms with Crippen molar-refractivity contribution >= 4 is 0 Å². The van der Waals surface area contributed by atoms with E-state index < -0.39 is 6.10 Å². The maximum Gasteiger partial charge on any atom is 0.119 e. The van der Waals surface area contributed by atoms with Crippen LogP contribution in [0.3, 0.4) is 0 Å². The smallest absolute Gasteiger partial charge is 0.119 e. The number of aryl methyl sites for hydroxylation is 2. The lowest BCUT2D eigenvalue weighted by molar-refractivity contribution is 0.0637. The molecule has 2 heterocycles. The van der Waals surface area contributed by atoms with Gasteiger partial charge in [0, 0.05) is 30.9 Å². The molecule has 2 atom stereocenters. The molecule has 0 spiro atoms. The molecule has 1 aliphatic rings. The van der Waals surface area contributed by atoms with Crippen LogP contribution in [0.4, 0.5) is 0 Å². The molecule has 24 heavy (non-hydrogen) atoms. The van der Waals surface area contributed by atoms with Gasteiger partial charge < -0.3 is 9.84 Å². The van der Waals surface area contributed by atoms with Crippen molar-refractivity contribution in [3.63, 3.8) is 0 Å². The highest BCUT2D eigenvalue weighted by Gasteiger charge is 2.31. The van der Waals surface area contributed by atoms with E-state index in [2.05, 4.69) is 23.8 Å². The van der Waals surface area contributed by atoms with E-state index in [9.17, 15) is 5.11 Å². The maximum absolute atomic E-state index is 10.4. The minimum absolute atomic E-state index is 0.318. The molecule has 0 radical (unpaired) electrons. The van der Waals surface area contributed by atoms with Crippen LogP contribution in [0.5, 0.6) is 5.75 Å². The Morgan fingerprint density at radius 3 is 2.71 bits per heavy atom. The standard InChI is InChI=1S/C19H27N3O2/c1-14-19(15(2)21(3)20-14)18-10-7-11-22(18)12-16(23)13-24-17-8-5-4-6-9-17/h4-6,8-9,16,18,23H,7,10-13H2,1-3H3. The SMILES string of the molecule is Cc1nn(C)c(C)c1C1CCCN1CC(O)COc1ccccc1. The largest absolute Gasteiger partial charge is 0.491 e. The summed E-state index contributed by atoms with van der Waals surface area (Å²) in [5.41, 5.74) is 3.65. The summed E-state index contributed by atoms with van der Waals surface area (Å²) >= 11 is 0. The molecule has 5 nitrogen and oxygen atoms in total. The molecular formula is C19H27N3O2. The Labute approximate surface area is 143 Å². The van der Waals surface area contributed by atoms with E-state index in [-0.39, 0.29) is 0 Å².